The standard InChI is InChI=1S/C20H17BrN2OS/c1-13-2-6-15(7-3-13)17-10-19(24)23-20(18(17)11-22)25-12-14-4-8-16(21)9-5-14/h2-9,17H,10,12H2,1H3,(H,23,24)/t17-/m1/s1. The lowest BCUT2D eigenvalue weighted by molar-refractivity contribution is -0.120. The summed E-state index contributed by atoms with van der Waals surface area (Å²) < 4.78 is 1.03. The normalized spacial score (nSPS) is 17.2. The molecule has 5 heteroatoms. The Kier molecular flexibility index (Phi) is 5.62. The second-order valence-electron chi connectivity index (χ2n) is 5.99. The molecule has 0 aliphatic carbocycles. The number of hydrogen-bond donors (Lipinski definition) is 1. The number of thioether (sulfide) groups is 1. The van der Waals surface area contributed by atoms with Crippen LogP contribution in [0, 0.1) is 18.3 Å². The predicted octanol–water partition coefficient (Wildman–Crippen LogP) is 5.03. The van der Waals surface area contributed by atoms with Gasteiger partial charge in [0.15, 0.2) is 0 Å². The molecule has 0 saturated heterocycles. The highest BCUT2D eigenvalue weighted by Gasteiger charge is 2.29. The number of nitrogens with zero attached hydrogens (tertiary/aromatic N) is 1. The van der Waals surface area contributed by atoms with Gasteiger partial charge in [0, 0.05) is 22.6 Å². The molecular weight excluding hydrogens is 396 g/mol. The minimum absolute atomic E-state index is 0.0390. The van der Waals surface area contributed by atoms with Crippen molar-refractivity contribution in [3.8, 4) is 6.07 Å². The fourth-order valence-corrected chi connectivity index (χ4v) is 4.05. The zero-order valence-electron chi connectivity index (χ0n) is 13.8. The molecule has 0 saturated carbocycles. The summed E-state index contributed by atoms with van der Waals surface area (Å²) in [6.45, 7) is 2.03. The molecule has 2 aromatic rings. The topological polar surface area (TPSA) is 52.9 Å². The van der Waals surface area contributed by atoms with E-state index in [0.29, 0.717) is 22.8 Å². The van der Waals surface area contributed by atoms with Gasteiger partial charge in [0.1, 0.15) is 0 Å². The van der Waals surface area contributed by atoms with E-state index in [2.05, 4.69) is 27.3 Å². The van der Waals surface area contributed by atoms with Crippen LogP contribution in [0.15, 0.2) is 63.6 Å². The fourth-order valence-electron chi connectivity index (χ4n) is 2.75. The lowest BCUT2D eigenvalue weighted by atomic mass is 9.87. The van der Waals surface area contributed by atoms with Crippen molar-refractivity contribution in [2.45, 2.75) is 25.0 Å². The Hall–Kier alpha value is -2.03. The largest absolute Gasteiger partial charge is 0.320 e. The van der Waals surface area contributed by atoms with E-state index in [9.17, 15) is 10.1 Å². The molecule has 0 bridgehead atoms. The zero-order valence-corrected chi connectivity index (χ0v) is 16.2. The Morgan fingerprint density at radius 2 is 1.88 bits per heavy atom. The average molecular weight is 413 g/mol. The van der Waals surface area contributed by atoms with Gasteiger partial charge in [0.05, 0.1) is 16.7 Å². The molecule has 0 aromatic heterocycles. The minimum atomic E-state index is -0.174. The molecular formula is C20H17BrN2OS. The van der Waals surface area contributed by atoms with E-state index in [1.165, 1.54) is 11.8 Å². The highest BCUT2D eigenvalue weighted by molar-refractivity contribution is 9.10. The van der Waals surface area contributed by atoms with Gasteiger partial charge in [-0.3, -0.25) is 4.79 Å². The number of halogens is 1. The van der Waals surface area contributed by atoms with E-state index in [1.807, 2.05) is 55.5 Å². The first-order chi connectivity index (χ1) is 12.1. The zero-order chi connectivity index (χ0) is 17.8. The molecule has 126 valence electrons. The van der Waals surface area contributed by atoms with Crippen LogP contribution in [0.4, 0.5) is 0 Å². The maximum absolute atomic E-state index is 12.2. The third-order valence-electron chi connectivity index (χ3n) is 4.13. The SMILES string of the molecule is Cc1ccc([C@H]2CC(=O)NC(SCc3ccc(Br)cc3)=C2C#N)cc1. The number of carbonyl (C=O) groups is 1. The summed E-state index contributed by atoms with van der Waals surface area (Å²) in [7, 11) is 0. The molecule has 1 N–H and O–H groups in total. The van der Waals surface area contributed by atoms with Crippen molar-refractivity contribution < 1.29 is 4.79 Å². The summed E-state index contributed by atoms with van der Waals surface area (Å²) in [5, 5.41) is 13.2. The average Bonchev–Trinajstić information content (AvgIpc) is 2.61. The Morgan fingerprint density at radius 3 is 2.52 bits per heavy atom. The first-order valence-corrected chi connectivity index (χ1v) is 9.72. The van der Waals surface area contributed by atoms with Crippen LogP contribution in [0.3, 0.4) is 0 Å². The number of allylic oxidation sites excluding steroid dienone is 1. The van der Waals surface area contributed by atoms with Gasteiger partial charge >= 0.3 is 0 Å². The van der Waals surface area contributed by atoms with Crippen molar-refractivity contribution in [3.05, 3.63) is 80.3 Å². The maximum atomic E-state index is 12.2. The fraction of sp³-hybridized carbons (Fsp3) is 0.200. The monoisotopic (exact) mass is 412 g/mol. The van der Waals surface area contributed by atoms with E-state index in [1.54, 1.807) is 0 Å². The van der Waals surface area contributed by atoms with E-state index in [-0.39, 0.29) is 11.8 Å². The van der Waals surface area contributed by atoms with E-state index < -0.39 is 0 Å². The Morgan fingerprint density at radius 1 is 1.20 bits per heavy atom. The summed E-state index contributed by atoms with van der Waals surface area (Å²) in [5.41, 5.74) is 3.96. The third kappa shape index (κ3) is 4.33. The van der Waals surface area contributed by atoms with Gasteiger partial charge in [-0.05, 0) is 30.2 Å². The summed E-state index contributed by atoms with van der Waals surface area (Å²) in [6, 6.07) is 18.4. The van der Waals surface area contributed by atoms with Gasteiger partial charge in [-0.2, -0.15) is 5.26 Å². The van der Waals surface area contributed by atoms with Gasteiger partial charge in [-0.15, -0.1) is 11.8 Å². The van der Waals surface area contributed by atoms with Crippen molar-refractivity contribution in [2.24, 2.45) is 0 Å². The van der Waals surface area contributed by atoms with Gasteiger partial charge in [0.2, 0.25) is 5.91 Å². The first-order valence-electron chi connectivity index (χ1n) is 7.94. The van der Waals surface area contributed by atoms with E-state index >= 15 is 0 Å². The number of carbonyl (C=O) groups excluding carboxylic acids is 1. The highest BCUT2D eigenvalue weighted by atomic mass is 79.9. The number of rotatable bonds is 4. The van der Waals surface area contributed by atoms with E-state index in [4.69, 9.17) is 0 Å². The summed E-state index contributed by atoms with van der Waals surface area (Å²) in [5.74, 6) is 0.490. The van der Waals surface area contributed by atoms with Crippen LogP contribution in [-0.4, -0.2) is 5.91 Å². The van der Waals surface area contributed by atoms with Crippen LogP contribution < -0.4 is 5.32 Å². The number of nitriles is 1. The van der Waals surface area contributed by atoms with Crippen molar-refractivity contribution in [3.63, 3.8) is 0 Å². The number of benzene rings is 2. The molecule has 2 aromatic carbocycles. The summed E-state index contributed by atoms with van der Waals surface area (Å²) >= 11 is 4.93. The second-order valence-corrected chi connectivity index (χ2v) is 7.89. The van der Waals surface area contributed by atoms with Crippen LogP contribution in [-0.2, 0) is 10.5 Å². The van der Waals surface area contributed by atoms with Gasteiger partial charge in [0.25, 0.3) is 0 Å². The number of nitrogens with one attached hydrogen (secondary N) is 1. The number of amides is 1. The first kappa shape index (κ1) is 17.8. The molecule has 0 fully saturated rings. The molecule has 3 rings (SSSR count). The molecule has 3 nitrogen and oxygen atoms in total. The second kappa shape index (κ2) is 7.90. The van der Waals surface area contributed by atoms with Crippen LogP contribution in [0.1, 0.15) is 29.0 Å². The molecule has 0 spiro atoms. The van der Waals surface area contributed by atoms with Crippen molar-refractivity contribution in [2.75, 3.05) is 0 Å². The summed E-state index contributed by atoms with van der Waals surface area (Å²) in [6.07, 6.45) is 0.314. The third-order valence-corrected chi connectivity index (χ3v) is 5.75. The smallest absolute Gasteiger partial charge is 0.225 e. The number of hydrogen-bond acceptors (Lipinski definition) is 3. The summed E-state index contributed by atoms with van der Waals surface area (Å²) in [4.78, 5) is 12.2. The van der Waals surface area contributed by atoms with Crippen LogP contribution in [0.5, 0.6) is 0 Å². The van der Waals surface area contributed by atoms with Crippen molar-refractivity contribution in [1.29, 1.82) is 5.26 Å². The molecule has 0 radical (unpaired) electrons. The van der Waals surface area contributed by atoms with E-state index in [0.717, 1.165) is 21.2 Å². The molecule has 25 heavy (non-hydrogen) atoms. The van der Waals surface area contributed by atoms with Crippen LogP contribution >= 0.6 is 27.7 Å². The maximum Gasteiger partial charge on any atom is 0.225 e. The molecule has 1 aliphatic heterocycles. The number of aryl methyl sites for hydroxylation is 1. The van der Waals surface area contributed by atoms with Gasteiger partial charge in [-0.1, -0.05) is 57.9 Å². The lowest BCUT2D eigenvalue weighted by Crippen LogP contribution is -2.30. The van der Waals surface area contributed by atoms with Crippen LogP contribution in [0.2, 0.25) is 0 Å². The molecule has 1 heterocycles. The highest BCUT2D eigenvalue weighted by Crippen LogP contribution is 2.36. The molecule has 1 amide bonds. The van der Waals surface area contributed by atoms with Gasteiger partial charge < -0.3 is 5.32 Å². The Balaban J connectivity index is 1.86. The molecule has 1 aliphatic rings. The van der Waals surface area contributed by atoms with Gasteiger partial charge in [-0.25, -0.2) is 0 Å². The van der Waals surface area contributed by atoms with Crippen LogP contribution in [0.25, 0.3) is 0 Å². The van der Waals surface area contributed by atoms with Crippen molar-refractivity contribution in [1.82, 2.24) is 5.32 Å². The predicted molar refractivity (Wildman–Crippen MR) is 105 cm³/mol. The Labute approximate surface area is 160 Å². The molecule has 0 unspecified atom stereocenters. The quantitative estimate of drug-likeness (QED) is 0.765. The lowest BCUT2D eigenvalue weighted by Gasteiger charge is -2.25. The molecule has 1 atom stereocenters. The minimum Gasteiger partial charge on any atom is -0.320 e. The Bertz CT molecular complexity index is 851. The van der Waals surface area contributed by atoms with Crippen molar-refractivity contribution >= 4 is 33.6 Å².